The van der Waals surface area contributed by atoms with Crippen LogP contribution in [0.3, 0.4) is 0 Å². The van der Waals surface area contributed by atoms with Crippen LogP contribution in [0.2, 0.25) is 0 Å². The minimum Gasteiger partial charge on any atom is -0.375 e. The van der Waals surface area contributed by atoms with Crippen LogP contribution in [0, 0.1) is 6.92 Å². The molecule has 6 nitrogen and oxygen atoms in total. The van der Waals surface area contributed by atoms with Crippen LogP contribution in [0.4, 0.5) is 4.79 Å². The average molecular weight is 301 g/mol. The first-order valence-electron chi connectivity index (χ1n) is 6.11. The zero-order chi connectivity index (χ0) is 15.0. The number of ether oxygens (including phenoxy) is 1. The van der Waals surface area contributed by atoms with Gasteiger partial charge in [-0.05, 0) is 30.0 Å². The fraction of sp³-hybridized carbons (Fsp3) is 0.0714. The van der Waals surface area contributed by atoms with E-state index in [1.807, 2.05) is 19.1 Å². The number of imidazole rings is 1. The predicted molar refractivity (Wildman–Crippen MR) is 78.7 cm³/mol. The number of nitrogens with zero attached hydrogens (tertiary/aromatic N) is 2. The first-order chi connectivity index (χ1) is 10.1. The normalized spacial score (nSPS) is 10.7. The van der Waals surface area contributed by atoms with Gasteiger partial charge in [-0.15, -0.1) is 11.3 Å². The summed E-state index contributed by atoms with van der Waals surface area (Å²) in [5, 5.41) is 1.80. The number of aromatic nitrogens is 2. The third-order valence-corrected chi connectivity index (χ3v) is 3.84. The second-order valence-electron chi connectivity index (χ2n) is 4.38. The number of hydrogen-bond donors (Lipinski definition) is 1. The van der Waals surface area contributed by atoms with E-state index in [0.717, 1.165) is 5.56 Å². The van der Waals surface area contributed by atoms with Gasteiger partial charge in [0.05, 0.1) is 15.9 Å². The molecule has 0 aliphatic rings. The van der Waals surface area contributed by atoms with Crippen LogP contribution >= 0.6 is 11.3 Å². The van der Waals surface area contributed by atoms with Crippen molar-refractivity contribution in [1.29, 1.82) is 0 Å². The van der Waals surface area contributed by atoms with Crippen LogP contribution in [-0.4, -0.2) is 21.6 Å². The lowest BCUT2D eigenvalue weighted by atomic mass is 10.2. The van der Waals surface area contributed by atoms with E-state index in [9.17, 15) is 9.59 Å². The lowest BCUT2D eigenvalue weighted by molar-refractivity contribution is 0.0959. The molecule has 2 N–H and O–H groups in total. The number of hydrogen-bond acceptors (Lipinski definition) is 5. The summed E-state index contributed by atoms with van der Waals surface area (Å²) in [6.07, 6.45) is -1.01. The standard InChI is InChI=1S/C14H11N3O3S/c1-8-4-2-5-9-11(8)16-14(20-13(15)19)17(9)12(18)10-6-3-7-21-10/h2-7H,1H3,(H2,15,19). The van der Waals surface area contributed by atoms with Crippen LogP contribution < -0.4 is 10.5 Å². The highest BCUT2D eigenvalue weighted by molar-refractivity contribution is 7.12. The molecule has 0 aliphatic heterocycles. The molecule has 3 aromatic rings. The van der Waals surface area contributed by atoms with Gasteiger partial charge in [-0.2, -0.15) is 4.98 Å². The second-order valence-corrected chi connectivity index (χ2v) is 5.32. The van der Waals surface area contributed by atoms with Crippen molar-refractivity contribution in [2.75, 3.05) is 0 Å². The quantitative estimate of drug-likeness (QED) is 0.788. The maximum absolute atomic E-state index is 12.6. The van der Waals surface area contributed by atoms with Gasteiger partial charge in [0.25, 0.3) is 5.91 Å². The molecule has 0 fully saturated rings. The molecule has 0 unspecified atom stereocenters. The maximum atomic E-state index is 12.6. The Kier molecular flexibility index (Phi) is 3.19. The molecule has 106 valence electrons. The van der Waals surface area contributed by atoms with Crippen molar-refractivity contribution in [1.82, 2.24) is 9.55 Å². The third kappa shape index (κ3) is 2.27. The van der Waals surface area contributed by atoms with E-state index >= 15 is 0 Å². The van der Waals surface area contributed by atoms with Crippen molar-refractivity contribution >= 4 is 34.4 Å². The molecule has 2 heterocycles. The Balaban J connectivity index is 2.25. The number of nitrogens with two attached hydrogens (primary N) is 1. The number of rotatable bonds is 2. The Morgan fingerprint density at radius 1 is 1.29 bits per heavy atom. The van der Waals surface area contributed by atoms with E-state index in [1.165, 1.54) is 15.9 Å². The Hall–Kier alpha value is -2.67. The van der Waals surface area contributed by atoms with E-state index in [2.05, 4.69) is 4.98 Å². The summed E-state index contributed by atoms with van der Waals surface area (Å²) < 4.78 is 6.14. The zero-order valence-electron chi connectivity index (χ0n) is 11.1. The van der Waals surface area contributed by atoms with Crippen LogP contribution in [0.15, 0.2) is 35.7 Å². The smallest absolute Gasteiger partial charge is 0.375 e. The molecule has 0 aliphatic carbocycles. The summed E-state index contributed by atoms with van der Waals surface area (Å²) in [7, 11) is 0. The summed E-state index contributed by atoms with van der Waals surface area (Å²) in [6.45, 7) is 1.86. The molecular weight excluding hydrogens is 290 g/mol. The number of fused-ring (bicyclic) bond motifs is 1. The number of amides is 1. The molecule has 1 aromatic carbocycles. The minimum atomic E-state index is -1.01. The SMILES string of the molecule is Cc1cccc2c1nc(OC(N)=O)n2C(=O)c1cccs1. The van der Waals surface area contributed by atoms with Crippen molar-refractivity contribution in [2.24, 2.45) is 5.73 Å². The summed E-state index contributed by atoms with van der Waals surface area (Å²) in [4.78, 5) is 28.4. The molecule has 7 heteroatoms. The van der Waals surface area contributed by atoms with E-state index in [1.54, 1.807) is 23.6 Å². The molecule has 0 saturated carbocycles. The monoisotopic (exact) mass is 301 g/mol. The third-order valence-electron chi connectivity index (χ3n) is 2.98. The van der Waals surface area contributed by atoms with Gasteiger partial charge in [-0.3, -0.25) is 4.79 Å². The zero-order valence-corrected chi connectivity index (χ0v) is 11.9. The molecular formula is C14H11N3O3S. The van der Waals surface area contributed by atoms with Gasteiger partial charge in [0.15, 0.2) is 0 Å². The summed E-state index contributed by atoms with van der Waals surface area (Å²) in [5.41, 5.74) is 7.09. The average Bonchev–Trinajstić information content (AvgIpc) is 3.05. The van der Waals surface area contributed by atoms with Gasteiger partial charge in [-0.25, -0.2) is 9.36 Å². The lowest BCUT2D eigenvalue weighted by Crippen LogP contribution is -2.21. The summed E-state index contributed by atoms with van der Waals surface area (Å²) in [5.74, 6) is -0.311. The van der Waals surface area contributed by atoms with E-state index in [4.69, 9.17) is 10.5 Å². The predicted octanol–water partition coefficient (Wildman–Crippen LogP) is 2.55. The molecule has 1 amide bonds. The number of para-hydroxylation sites is 1. The largest absolute Gasteiger partial charge is 0.412 e. The van der Waals surface area contributed by atoms with E-state index in [-0.39, 0.29) is 11.9 Å². The molecule has 3 rings (SSSR count). The summed E-state index contributed by atoms with van der Waals surface area (Å²) in [6, 6.07) is 8.77. The lowest BCUT2D eigenvalue weighted by Gasteiger charge is -2.05. The molecule has 0 saturated heterocycles. The Labute approximate surface area is 123 Å². The fourth-order valence-corrected chi connectivity index (χ4v) is 2.74. The van der Waals surface area contributed by atoms with Gasteiger partial charge in [0.2, 0.25) is 0 Å². The Bertz CT molecular complexity index is 837. The Morgan fingerprint density at radius 2 is 2.10 bits per heavy atom. The molecule has 2 aromatic heterocycles. The van der Waals surface area contributed by atoms with E-state index in [0.29, 0.717) is 15.9 Å². The Morgan fingerprint density at radius 3 is 2.76 bits per heavy atom. The van der Waals surface area contributed by atoms with Crippen molar-refractivity contribution in [3.63, 3.8) is 0 Å². The van der Waals surface area contributed by atoms with Crippen molar-refractivity contribution in [3.8, 4) is 6.01 Å². The highest BCUT2D eigenvalue weighted by Gasteiger charge is 2.22. The van der Waals surface area contributed by atoms with Crippen molar-refractivity contribution < 1.29 is 14.3 Å². The van der Waals surface area contributed by atoms with E-state index < -0.39 is 6.09 Å². The van der Waals surface area contributed by atoms with Gasteiger partial charge in [-0.1, -0.05) is 18.2 Å². The molecule has 0 spiro atoms. The first kappa shape index (κ1) is 13.3. The number of benzene rings is 1. The fourth-order valence-electron chi connectivity index (χ4n) is 2.08. The second kappa shape index (κ2) is 5.02. The number of carbonyl (C=O) groups is 2. The molecule has 0 bridgehead atoms. The van der Waals surface area contributed by atoms with Crippen LogP contribution in [-0.2, 0) is 0 Å². The van der Waals surface area contributed by atoms with Gasteiger partial charge in [0.1, 0.15) is 0 Å². The number of thiophene rings is 1. The van der Waals surface area contributed by atoms with Gasteiger partial charge in [0, 0.05) is 0 Å². The van der Waals surface area contributed by atoms with Crippen LogP contribution in [0.25, 0.3) is 11.0 Å². The highest BCUT2D eigenvalue weighted by atomic mass is 32.1. The highest BCUT2D eigenvalue weighted by Crippen LogP contribution is 2.26. The molecule has 0 atom stereocenters. The summed E-state index contributed by atoms with van der Waals surface area (Å²) >= 11 is 1.30. The molecule has 0 radical (unpaired) electrons. The van der Waals surface area contributed by atoms with Gasteiger partial charge >= 0.3 is 12.1 Å². The van der Waals surface area contributed by atoms with Crippen LogP contribution in [0.5, 0.6) is 6.01 Å². The van der Waals surface area contributed by atoms with Crippen LogP contribution in [0.1, 0.15) is 15.2 Å². The van der Waals surface area contributed by atoms with Crippen molar-refractivity contribution in [3.05, 3.63) is 46.2 Å². The number of primary amides is 1. The van der Waals surface area contributed by atoms with Gasteiger partial charge < -0.3 is 10.5 Å². The molecule has 21 heavy (non-hydrogen) atoms. The first-order valence-corrected chi connectivity index (χ1v) is 6.99. The number of carbonyl (C=O) groups excluding carboxylic acids is 2. The number of aryl methyl sites for hydroxylation is 1. The maximum Gasteiger partial charge on any atom is 0.412 e. The van der Waals surface area contributed by atoms with Crippen molar-refractivity contribution in [2.45, 2.75) is 6.92 Å². The minimum absolute atomic E-state index is 0.120. The topological polar surface area (TPSA) is 87.2 Å².